The monoisotopic (exact) mass is 483 g/mol. The predicted octanol–water partition coefficient (Wildman–Crippen LogP) is 3.35. The zero-order chi connectivity index (χ0) is 22.1. The van der Waals surface area contributed by atoms with Crippen molar-refractivity contribution in [2.75, 3.05) is 26.9 Å². The van der Waals surface area contributed by atoms with E-state index in [1.807, 2.05) is 36.4 Å². The first-order valence-electron chi connectivity index (χ1n) is 9.95. The van der Waals surface area contributed by atoms with Crippen LogP contribution in [0.2, 0.25) is 0 Å². The van der Waals surface area contributed by atoms with Gasteiger partial charge in [0.25, 0.3) is 0 Å². The highest BCUT2D eigenvalue weighted by atomic mass is 35.6. The Hall–Kier alpha value is -1.61. The van der Waals surface area contributed by atoms with E-state index in [0.717, 1.165) is 34.9 Å². The minimum Gasteiger partial charge on any atom is -0.496 e. The summed E-state index contributed by atoms with van der Waals surface area (Å²) in [4.78, 5) is 9.20. The number of fused-ring (bicyclic) bond motifs is 1. The van der Waals surface area contributed by atoms with Crippen molar-refractivity contribution in [3.8, 4) is 5.75 Å². The Balaban J connectivity index is 1.68. The van der Waals surface area contributed by atoms with Gasteiger partial charge in [-0.3, -0.25) is 5.32 Å². The van der Waals surface area contributed by atoms with Gasteiger partial charge in [0.15, 0.2) is 12.1 Å². The summed E-state index contributed by atoms with van der Waals surface area (Å²) in [6, 6.07) is 11.7. The third-order valence-corrected chi connectivity index (χ3v) is 6.03. The quantitative estimate of drug-likeness (QED) is 0.566. The number of alkyl halides is 3. The Labute approximate surface area is 195 Å². The minimum absolute atomic E-state index is 0.193. The summed E-state index contributed by atoms with van der Waals surface area (Å²) in [5.74, 6) is 1.51. The van der Waals surface area contributed by atoms with Crippen molar-refractivity contribution in [2.24, 2.45) is 15.7 Å². The summed E-state index contributed by atoms with van der Waals surface area (Å²) in [6.07, 6.45) is 0.864. The van der Waals surface area contributed by atoms with Crippen LogP contribution in [0.4, 0.5) is 0 Å². The van der Waals surface area contributed by atoms with Crippen molar-refractivity contribution in [1.82, 2.24) is 10.6 Å². The molecule has 2 aliphatic heterocycles. The third kappa shape index (κ3) is 5.08. The summed E-state index contributed by atoms with van der Waals surface area (Å²) in [6.45, 7) is 1.79. The highest BCUT2D eigenvalue weighted by molar-refractivity contribution is 6.77. The Kier molecular flexibility index (Phi) is 6.62. The maximum absolute atomic E-state index is 6.50. The van der Waals surface area contributed by atoms with Crippen molar-refractivity contribution in [2.45, 2.75) is 28.5 Å². The minimum atomic E-state index is -1.73. The molecule has 31 heavy (non-hydrogen) atoms. The van der Waals surface area contributed by atoms with Crippen LogP contribution in [0.25, 0.3) is 10.8 Å². The normalized spacial score (nSPS) is 21.3. The van der Waals surface area contributed by atoms with Crippen LogP contribution in [0.3, 0.4) is 0 Å². The number of nitrogens with one attached hydrogen (secondary N) is 2. The SMILES string of the molecule is COc1ccc(C2=NC(NCC3(N)CCOCC3)N=C(C(Cl)(Cl)Cl)N2)c2ccccc12. The first-order valence-corrected chi connectivity index (χ1v) is 11.1. The first-order chi connectivity index (χ1) is 14.8. The second-order valence-electron chi connectivity index (χ2n) is 7.67. The van der Waals surface area contributed by atoms with Crippen LogP contribution in [0.1, 0.15) is 18.4 Å². The smallest absolute Gasteiger partial charge is 0.247 e. The Morgan fingerprint density at radius 2 is 1.87 bits per heavy atom. The molecule has 0 saturated carbocycles. The molecule has 0 bridgehead atoms. The Bertz CT molecular complexity index is 1020. The van der Waals surface area contributed by atoms with E-state index >= 15 is 0 Å². The Morgan fingerprint density at radius 3 is 2.55 bits per heavy atom. The van der Waals surface area contributed by atoms with Crippen molar-refractivity contribution >= 4 is 57.2 Å². The van der Waals surface area contributed by atoms with Crippen LogP contribution in [-0.4, -0.2) is 54.2 Å². The number of hydrogen-bond acceptors (Lipinski definition) is 7. The molecule has 2 aromatic carbocycles. The van der Waals surface area contributed by atoms with Crippen LogP contribution in [0, 0.1) is 0 Å². The van der Waals surface area contributed by atoms with E-state index in [0.29, 0.717) is 25.6 Å². The van der Waals surface area contributed by atoms with Crippen LogP contribution in [-0.2, 0) is 4.74 Å². The molecule has 0 amide bonds. The number of hydrogen-bond donors (Lipinski definition) is 3. The van der Waals surface area contributed by atoms with Crippen molar-refractivity contribution in [1.29, 1.82) is 0 Å². The molecule has 2 aliphatic rings. The van der Waals surface area contributed by atoms with E-state index in [-0.39, 0.29) is 11.4 Å². The topological polar surface area (TPSA) is 93.3 Å². The first kappa shape index (κ1) is 22.6. The van der Waals surface area contributed by atoms with Crippen LogP contribution in [0.15, 0.2) is 46.4 Å². The average Bonchev–Trinajstić information content (AvgIpc) is 2.77. The molecular weight excluding hydrogens is 461 g/mol. The summed E-state index contributed by atoms with van der Waals surface area (Å²) < 4.78 is 9.18. The zero-order valence-corrected chi connectivity index (χ0v) is 19.3. The number of ether oxygens (including phenoxy) is 2. The number of halogens is 3. The lowest BCUT2D eigenvalue weighted by molar-refractivity contribution is 0.0523. The molecule has 1 unspecified atom stereocenters. The lowest BCUT2D eigenvalue weighted by Gasteiger charge is -2.35. The van der Waals surface area contributed by atoms with Gasteiger partial charge >= 0.3 is 0 Å². The highest BCUT2D eigenvalue weighted by Crippen LogP contribution is 2.31. The molecule has 0 aromatic heterocycles. The van der Waals surface area contributed by atoms with Crippen molar-refractivity contribution in [3.63, 3.8) is 0 Å². The fourth-order valence-electron chi connectivity index (χ4n) is 3.73. The lowest BCUT2D eigenvalue weighted by atomic mass is 9.91. The number of methoxy groups -OCH3 is 1. The van der Waals surface area contributed by atoms with Gasteiger partial charge in [0, 0.05) is 36.2 Å². The zero-order valence-electron chi connectivity index (χ0n) is 17.0. The number of nitrogens with two attached hydrogens (primary N) is 1. The number of amidine groups is 2. The van der Waals surface area contributed by atoms with E-state index in [2.05, 4.69) is 15.6 Å². The maximum atomic E-state index is 6.50. The van der Waals surface area contributed by atoms with Gasteiger partial charge in [0.2, 0.25) is 3.79 Å². The van der Waals surface area contributed by atoms with E-state index in [9.17, 15) is 0 Å². The predicted molar refractivity (Wildman–Crippen MR) is 127 cm³/mol. The molecule has 4 N–H and O–H groups in total. The maximum Gasteiger partial charge on any atom is 0.247 e. The fraction of sp³-hybridized carbons (Fsp3) is 0.429. The number of rotatable bonds is 5. The molecule has 0 spiro atoms. The molecule has 1 fully saturated rings. The molecule has 1 atom stereocenters. The van der Waals surface area contributed by atoms with Crippen LogP contribution >= 0.6 is 34.8 Å². The molecule has 0 radical (unpaired) electrons. The third-order valence-electron chi connectivity index (χ3n) is 5.49. The molecule has 4 rings (SSSR count). The molecule has 1 saturated heterocycles. The Morgan fingerprint density at radius 1 is 1.16 bits per heavy atom. The van der Waals surface area contributed by atoms with Gasteiger partial charge in [-0.05, 0) is 30.4 Å². The van der Waals surface area contributed by atoms with Crippen LogP contribution in [0.5, 0.6) is 5.75 Å². The summed E-state index contributed by atoms with van der Waals surface area (Å²) in [7, 11) is 1.64. The summed E-state index contributed by atoms with van der Waals surface area (Å²) in [5.41, 5.74) is 6.96. The molecule has 7 nitrogen and oxygen atoms in total. The molecule has 0 aliphatic carbocycles. The molecule has 166 valence electrons. The van der Waals surface area contributed by atoms with Gasteiger partial charge in [-0.2, -0.15) is 0 Å². The van der Waals surface area contributed by atoms with Gasteiger partial charge in [-0.15, -0.1) is 0 Å². The van der Waals surface area contributed by atoms with E-state index in [1.54, 1.807) is 7.11 Å². The van der Waals surface area contributed by atoms with Gasteiger partial charge in [0.1, 0.15) is 11.6 Å². The van der Waals surface area contributed by atoms with Crippen LogP contribution < -0.4 is 21.1 Å². The van der Waals surface area contributed by atoms with E-state index < -0.39 is 10.1 Å². The van der Waals surface area contributed by atoms with Gasteiger partial charge < -0.3 is 20.5 Å². The summed E-state index contributed by atoms with van der Waals surface area (Å²) in [5, 5.41) is 8.31. The molecular formula is C21H24Cl3N5O2. The number of benzene rings is 2. The van der Waals surface area contributed by atoms with E-state index in [1.165, 1.54) is 0 Å². The van der Waals surface area contributed by atoms with Gasteiger partial charge in [-0.25, -0.2) is 9.98 Å². The summed E-state index contributed by atoms with van der Waals surface area (Å²) >= 11 is 18.5. The molecule has 2 heterocycles. The standard InChI is InChI=1S/C21H24Cl3N5O2/c1-30-16-7-6-15(13-4-2-3-5-14(13)16)17-27-18(21(22,23)24)29-19(28-17)26-12-20(25)8-10-31-11-9-20/h2-7,19,26H,8-12,25H2,1H3,(H,27,28,29). The lowest BCUT2D eigenvalue weighted by Crippen LogP contribution is -2.55. The fourth-order valence-corrected chi connectivity index (χ4v) is 4.02. The van der Waals surface area contributed by atoms with Crippen molar-refractivity contribution in [3.05, 3.63) is 42.0 Å². The highest BCUT2D eigenvalue weighted by Gasteiger charge is 2.34. The molecule has 10 heteroatoms. The largest absolute Gasteiger partial charge is 0.496 e. The average molecular weight is 485 g/mol. The van der Waals surface area contributed by atoms with Gasteiger partial charge in [0.05, 0.1) is 7.11 Å². The molecule has 2 aromatic rings. The second-order valence-corrected chi connectivity index (χ2v) is 9.95. The number of aliphatic imine (C=N–C) groups is 2. The van der Waals surface area contributed by atoms with E-state index in [4.69, 9.17) is 55.0 Å². The number of nitrogens with zero attached hydrogens (tertiary/aromatic N) is 2. The van der Waals surface area contributed by atoms with Crippen molar-refractivity contribution < 1.29 is 9.47 Å². The second kappa shape index (κ2) is 9.10. The van der Waals surface area contributed by atoms with Gasteiger partial charge in [-0.1, -0.05) is 59.1 Å².